The van der Waals surface area contributed by atoms with Crippen molar-refractivity contribution in [3.05, 3.63) is 135 Å². The smallest absolute Gasteiger partial charge is 0.272 e. The summed E-state index contributed by atoms with van der Waals surface area (Å²) in [6, 6.07) is 30.0. The lowest BCUT2D eigenvalue weighted by atomic mass is 10.1. The molecule has 0 unspecified atom stereocenters. The summed E-state index contributed by atoms with van der Waals surface area (Å²) < 4.78 is 0.904. The zero-order valence-electron chi connectivity index (χ0n) is 20.0. The largest absolute Gasteiger partial charge is 0.321 e. The molecular weight excluding hydrogens is 584 g/mol. The van der Waals surface area contributed by atoms with E-state index < -0.39 is 5.91 Å². The number of thioether (sulfide) groups is 1. The first-order chi connectivity index (χ1) is 18.4. The lowest BCUT2D eigenvalue weighted by molar-refractivity contribution is -0.113. The van der Waals surface area contributed by atoms with Crippen LogP contribution in [0.4, 0.5) is 5.69 Å². The minimum absolute atomic E-state index is 0.000856. The van der Waals surface area contributed by atoms with Crippen molar-refractivity contribution in [3.8, 4) is 0 Å². The van der Waals surface area contributed by atoms with Gasteiger partial charge in [0.15, 0.2) is 5.78 Å². The average Bonchev–Trinajstić information content (AvgIpc) is 2.94. The van der Waals surface area contributed by atoms with Crippen LogP contribution in [0.1, 0.15) is 26.3 Å². The van der Waals surface area contributed by atoms with Crippen LogP contribution >= 0.6 is 39.3 Å². The minimum Gasteiger partial charge on any atom is -0.321 e. The van der Waals surface area contributed by atoms with Crippen molar-refractivity contribution in [2.75, 3.05) is 11.1 Å². The van der Waals surface area contributed by atoms with E-state index in [-0.39, 0.29) is 23.1 Å². The average molecular weight is 606 g/mol. The second-order valence-corrected chi connectivity index (χ2v) is 10.5. The molecule has 0 aliphatic carbocycles. The predicted molar refractivity (Wildman–Crippen MR) is 158 cm³/mol. The Morgan fingerprint density at radius 3 is 2.11 bits per heavy atom. The second-order valence-electron chi connectivity index (χ2n) is 8.13. The summed E-state index contributed by atoms with van der Waals surface area (Å²) >= 11 is 10.7. The zero-order valence-corrected chi connectivity index (χ0v) is 23.1. The molecule has 0 heterocycles. The molecule has 2 amide bonds. The Morgan fingerprint density at radius 2 is 1.45 bits per heavy atom. The molecule has 0 saturated heterocycles. The molecular formula is C30H22BrClN2O3S. The minimum atomic E-state index is -0.462. The Bertz CT molecular complexity index is 1460. The topological polar surface area (TPSA) is 75.3 Å². The lowest BCUT2D eigenvalue weighted by Gasteiger charge is -2.12. The van der Waals surface area contributed by atoms with Crippen molar-refractivity contribution >= 4 is 68.7 Å². The van der Waals surface area contributed by atoms with Gasteiger partial charge in [-0.05, 0) is 84.4 Å². The van der Waals surface area contributed by atoms with Crippen molar-refractivity contribution in [1.82, 2.24) is 5.32 Å². The molecule has 0 saturated carbocycles. The molecule has 4 aromatic rings. The van der Waals surface area contributed by atoms with E-state index >= 15 is 0 Å². The summed E-state index contributed by atoms with van der Waals surface area (Å²) in [6.45, 7) is 0. The van der Waals surface area contributed by atoms with E-state index in [0.717, 1.165) is 14.9 Å². The fourth-order valence-electron chi connectivity index (χ4n) is 3.37. The van der Waals surface area contributed by atoms with Crippen LogP contribution in [0.15, 0.2) is 118 Å². The van der Waals surface area contributed by atoms with E-state index in [1.165, 1.54) is 11.8 Å². The number of hydrogen-bond acceptors (Lipinski definition) is 4. The molecule has 0 aliphatic rings. The normalized spacial score (nSPS) is 11.1. The maximum atomic E-state index is 13.2. The van der Waals surface area contributed by atoms with Gasteiger partial charge in [0.1, 0.15) is 5.70 Å². The second kappa shape index (κ2) is 13.2. The third-order valence-corrected chi connectivity index (χ3v) is 7.15. The van der Waals surface area contributed by atoms with Gasteiger partial charge in [-0.25, -0.2) is 0 Å². The molecule has 0 spiro atoms. The third-order valence-electron chi connectivity index (χ3n) is 5.36. The highest BCUT2D eigenvalue weighted by atomic mass is 79.9. The monoisotopic (exact) mass is 604 g/mol. The molecule has 4 aromatic carbocycles. The first-order valence-corrected chi connectivity index (χ1v) is 13.7. The number of Topliss-reactive ketones (excluding diaryl/α,β-unsaturated/α-hetero) is 1. The number of benzene rings is 4. The molecule has 2 N–H and O–H groups in total. The predicted octanol–water partition coefficient (Wildman–Crippen LogP) is 7.49. The first-order valence-electron chi connectivity index (χ1n) is 11.5. The lowest BCUT2D eigenvalue weighted by Crippen LogP contribution is -2.30. The number of carbonyl (C=O) groups is 3. The zero-order chi connectivity index (χ0) is 26.9. The van der Waals surface area contributed by atoms with Gasteiger partial charge in [0.05, 0.1) is 5.75 Å². The molecule has 0 radical (unpaired) electrons. The molecule has 0 aliphatic heterocycles. The molecule has 38 heavy (non-hydrogen) atoms. The van der Waals surface area contributed by atoms with Crippen LogP contribution in [0.2, 0.25) is 5.02 Å². The van der Waals surface area contributed by atoms with E-state index in [0.29, 0.717) is 21.8 Å². The molecule has 0 aromatic heterocycles. The SMILES string of the molecule is O=C(Nc1ccc(SCC(=O)c2ccc(Cl)cc2)cc1)/C(=C/c1ccc(Br)cc1)NC(=O)c1ccccc1. The highest BCUT2D eigenvalue weighted by molar-refractivity contribution is 9.10. The van der Waals surface area contributed by atoms with Crippen LogP contribution in [0.3, 0.4) is 0 Å². The van der Waals surface area contributed by atoms with Crippen molar-refractivity contribution in [2.45, 2.75) is 4.90 Å². The van der Waals surface area contributed by atoms with Crippen LogP contribution in [0.5, 0.6) is 0 Å². The number of rotatable bonds is 9. The van der Waals surface area contributed by atoms with E-state index in [2.05, 4.69) is 26.6 Å². The summed E-state index contributed by atoms with van der Waals surface area (Å²) in [4.78, 5) is 39.2. The van der Waals surface area contributed by atoms with E-state index in [1.807, 2.05) is 42.5 Å². The summed E-state index contributed by atoms with van der Waals surface area (Å²) in [5.74, 6) is -0.573. The van der Waals surface area contributed by atoms with Gasteiger partial charge in [-0.1, -0.05) is 57.9 Å². The maximum absolute atomic E-state index is 13.2. The van der Waals surface area contributed by atoms with Crippen molar-refractivity contribution in [2.24, 2.45) is 0 Å². The van der Waals surface area contributed by atoms with Crippen LogP contribution in [0.25, 0.3) is 6.08 Å². The number of carbonyl (C=O) groups excluding carboxylic acids is 3. The van der Waals surface area contributed by atoms with Gasteiger partial charge in [0.25, 0.3) is 11.8 Å². The molecule has 190 valence electrons. The van der Waals surface area contributed by atoms with Gasteiger partial charge in [-0.15, -0.1) is 11.8 Å². The van der Waals surface area contributed by atoms with E-state index in [4.69, 9.17) is 11.6 Å². The number of halogens is 2. The Labute approximate surface area is 238 Å². The van der Waals surface area contributed by atoms with E-state index in [9.17, 15) is 14.4 Å². The fourth-order valence-corrected chi connectivity index (χ4v) is 4.55. The van der Waals surface area contributed by atoms with Crippen LogP contribution in [0, 0.1) is 0 Å². The van der Waals surface area contributed by atoms with Gasteiger partial charge in [-0.3, -0.25) is 14.4 Å². The highest BCUT2D eigenvalue weighted by Gasteiger charge is 2.15. The summed E-state index contributed by atoms with van der Waals surface area (Å²) in [6.07, 6.45) is 1.62. The molecule has 5 nitrogen and oxygen atoms in total. The molecule has 0 bridgehead atoms. The van der Waals surface area contributed by atoms with Crippen molar-refractivity contribution in [3.63, 3.8) is 0 Å². The Balaban J connectivity index is 1.43. The van der Waals surface area contributed by atoms with Gasteiger partial charge >= 0.3 is 0 Å². The summed E-state index contributed by atoms with van der Waals surface area (Å²) in [5, 5.41) is 6.15. The van der Waals surface area contributed by atoms with Gasteiger partial charge < -0.3 is 10.6 Å². The Hall–Kier alpha value is -3.65. The first kappa shape index (κ1) is 27.4. The van der Waals surface area contributed by atoms with Crippen LogP contribution in [-0.4, -0.2) is 23.4 Å². The standard InChI is InChI=1S/C30H22BrClN2O3S/c31-23-10-6-20(7-11-23)18-27(34-29(36)22-4-2-1-3-5-22)30(37)33-25-14-16-26(17-15-25)38-19-28(35)21-8-12-24(32)13-9-21/h1-18H,19H2,(H,33,37)(H,34,36)/b27-18-. The summed E-state index contributed by atoms with van der Waals surface area (Å²) in [5.41, 5.74) is 2.46. The fraction of sp³-hybridized carbons (Fsp3) is 0.0333. The van der Waals surface area contributed by atoms with E-state index in [1.54, 1.807) is 66.7 Å². The number of hydrogen-bond donors (Lipinski definition) is 2. The summed E-state index contributed by atoms with van der Waals surface area (Å²) in [7, 11) is 0. The van der Waals surface area contributed by atoms with Gasteiger partial charge in [0.2, 0.25) is 0 Å². The molecule has 4 rings (SSSR count). The number of ketones is 1. The molecule has 8 heteroatoms. The van der Waals surface area contributed by atoms with Crippen LogP contribution < -0.4 is 10.6 Å². The van der Waals surface area contributed by atoms with Crippen LogP contribution in [-0.2, 0) is 4.79 Å². The Kier molecular flexibility index (Phi) is 9.54. The molecule has 0 fully saturated rings. The highest BCUT2D eigenvalue weighted by Crippen LogP contribution is 2.22. The molecule has 0 atom stereocenters. The van der Waals surface area contributed by atoms with Crippen molar-refractivity contribution in [1.29, 1.82) is 0 Å². The number of amides is 2. The Morgan fingerprint density at radius 1 is 0.789 bits per heavy atom. The van der Waals surface area contributed by atoms with Crippen molar-refractivity contribution < 1.29 is 14.4 Å². The maximum Gasteiger partial charge on any atom is 0.272 e. The van der Waals surface area contributed by atoms with Gasteiger partial charge in [-0.2, -0.15) is 0 Å². The number of anilines is 1. The van der Waals surface area contributed by atoms with Gasteiger partial charge in [0, 0.05) is 31.2 Å². The quantitative estimate of drug-likeness (QED) is 0.118. The third kappa shape index (κ3) is 7.92. The number of nitrogens with one attached hydrogen (secondary N) is 2.